The largest absolute Gasteiger partial charge is 0.418 e. The summed E-state index contributed by atoms with van der Waals surface area (Å²) in [7, 11) is -3.99. The Hall–Kier alpha value is -2.39. The number of alkyl halides is 3. The smallest absolute Gasteiger partial charge is 0.324 e. The number of sulfonamides is 1. The highest BCUT2D eigenvalue weighted by molar-refractivity contribution is 7.89. The maximum absolute atomic E-state index is 13.3. The number of para-hydroxylation sites is 1. The lowest BCUT2D eigenvalue weighted by Gasteiger charge is -2.33. The van der Waals surface area contributed by atoms with Crippen LogP contribution < -0.4 is 5.32 Å². The predicted octanol–water partition coefficient (Wildman–Crippen LogP) is 4.98. The van der Waals surface area contributed by atoms with Crippen LogP contribution in [0.3, 0.4) is 0 Å². The quantitative estimate of drug-likeness (QED) is 0.670. The van der Waals surface area contributed by atoms with Gasteiger partial charge in [0.1, 0.15) is 0 Å². The molecule has 1 N–H and O–H groups in total. The third kappa shape index (κ3) is 5.65. The number of hydrogen-bond acceptors (Lipinski definition) is 3. The van der Waals surface area contributed by atoms with Gasteiger partial charge in [-0.2, -0.15) is 17.5 Å². The lowest BCUT2D eigenvalue weighted by Crippen LogP contribution is -2.45. The van der Waals surface area contributed by atoms with Gasteiger partial charge in [-0.05, 0) is 44.0 Å². The number of nitrogens with one attached hydrogen (secondary N) is 1. The van der Waals surface area contributed by atoms with Crippen LogP contribution in [0.15, 0.2) is 53.4 Å². The number of rotatable bonds is 6. The zero-order valence-corrected chi connectivity index (χ0v) is 18.0. The molecule has 1 aliphatic carbocycles. The van der Waals surface area contributed by atoms with Gasteiger partial charge in [-0.1, -0.05) is 49.1 Å². The minimum atomic E-state index is -4.64. The molecule has 0 heterocycles. The van der Waals surface area contributed by atoms with Crippen molar-refractivity contribution in [2.75, 3.05) is 11.9 Å². The van der Waals surface area contributed by atoms with Crippen molar-refractivity contribution in [3.05, 3.63) is 59.7 Å². The highest BCUT2D eigenvalue weighted by Crippen LogP contribution is 2.35. The molecule has 0 aromatic heterocycles. The van der Waals surface area contributed by atoms with Crippen molar-refractivity contribution in [1.29, 1.82) is 0 Å². The second kappa shape index (κ2) is 9.40. The molecule has 1 aliphatic rings. The van der Waals surface area contributed by atoms with Gasteiger partial charge in [0.2, 0.25) is 15.9 Å². The summed E-state index contributed by atoms with van der Waals surface area (Å²) >= 11 is 0. The monoisotopic (exact) mass is 454 g/mol. The molecule has 1 saturated carbocycles. The van der Waals surface area contributed by atoms with Crippen LogP contribution in [-0.2, 0) is 21.0 Å². The van der Waals surface area contributed by atoms with E-state index in [1.165, 1.54) is 24.3 Å². The van der Waals surface area contributed by atoms with E-state index in [2.05, 4.69) is 5.32 Å². The summed E-state index contributed by atoms with van der Waals surface area (Å²) in [4.78, 5) is 12.8. The molecule has 168 valence electrons. The second-order valence-corrected chi connectivity index (χ2v) is 9.64. The van der Waals surface area contributed by atoms with Gasteiger partial charge in [-0.3, -0.25) is 4.79 Å². The third-order valence-corrected chi connectivity index (χ3v) is 7.33. The summed E-state index contributed by atoms with van der Waals surface area (Å²) < 4.78 is 67.5. The number of aryl methyl sites for hydroxylation is 1. The summed E-state index contributed by atoms with van der Waals surface area (Å²) in [6.45, 7) is 1.29. The van der Waals surface area contributed by atoms with Gasteiger partial charge >= 0.3 is 6.18 Å². The number of carbonyl (C=O) groups excluding carboxylic acids is 1. The Morgan fingerprint density at radius 3 is 2.26 bits per heavy atom. The minimum Gasteiger partial charge on any atom is -0.324 e. The Morgan fingerprint density at radius 1 is 1.03 bits per heavy atom. The van der Waals surface area contributed by atoms with Gasteiger partial charge in [0.15, 0.2) is 0 Å². The molecule has 9 heteroatoms. The molecule has 0 radical (unpaired) electrons. The molecule has 0 unspecified atom stereocenters. The number of carbonyl (C=O) groups is 1. The molecule has 0 bridgehead atoms. The first-order valence-electron chi connectivity index (χ1n) is 10.1. The zero-order chi connectivity index (χ0) is 22.6. The summed E-state index contributed by atoms with van der Waals surface area (Å²) in [5.41, 5.74) is -0.477. The lowest BCUT2D eigenvalue weighted by atomic mass is 9.95. The van der Waals surface area contributed by atoms with Gasteiger partial charge in [0.05, 0.1) is 22.7 Å². The highest BCUT2D eigenvalue weighted by atomic mass is 32.2. The van der Waals surface area contributed by atoms with Crippen molar-refractivity contribution >= 4 is 21.6 Å². The van der Waals surface area contributed by atoms with Crippen LogP contribution in [0.1, 0.15) is 43.2 Å². The average molecular weight is 455 g/mol. The molecule has 0 saturated heterocycles. The molecule has 1 amide bonds. The van der Waals surface area contributed by atoms with Crippen LogP contribution >= 0.6 is 0 Å². The fourth-order valence-corrected chi connectivity index (χ4v) is 5.44. The summed E-state index contributed by atoms with van der Waals surface area (Å²) in [5.74, 6) is -0.807. The highest BCUT2D eigenvalue weighted by Gasteiger charge is 2.36. The topological polar surface area (TPSA) is 66.5 Å². The van der Waals surface area contributed by atoms with E-state index in [0.717, 1.165) is 41.3 Å². The van der Waals surface area contributed by atoms with Crippen molar-refractivity contribution in [3.63, 3.8) is 0 Å². The Balaban J connectivity index is 1.87. The first kappa shape index (κ1) is 23.3. The maximum atomic E-state index is 13.3. The molecule has 2 aromatic rings. The Kier molecular flexibility index (Phi) is 7.06. The van der Waals surface area contributed by atoms with E-state index in [1.807, 2.05) is 6.92 Å². The SMILES string of the molecule is Cc1ccc(S(=O)(=O)N(CC(=O)Nc2ccccc2C(F)(F)F)C2CCCCC2)cc1. The van der Waals surface area contributed by atoms with Crippen LogP contribution in [0.25, 0.3) is 0 Å². The van der Waals surface area contributed by atoms with Gasteiger partial charge in [-0.25, -0.2) is 8.42 Å². The van der Waals surface area contributed by atoms with E-state index in [9.17, 15) is 26.4 Å². The fourth-order valence-electron chi connectivity index (χ4n) is 3.80. The summed E-state index contributed by atoms with van der Waals surface area (Å²) in [6.07, 6.45) is -0.762. The van der Waals surface area contributed by atoms with Crippen molar-refractivity contribution < 1.29 is 26.4 Å². The molecule has 31 heavy (non-hydrogen) atoms. The van der Waals surface area contributed by atoms with Crippen LogP contribution in [0.4, 0.5) is 18.9 Å². The van der Waals surface area contributed by atoms with Crippen LogP contribution in [-0.4, -0.2) is 31.2 Å². The Labute approximate surface area is 180 Å². The molecular formula is C22H25F3N2O3S. The molecule has 5 nitrogen and oxygen atoms in total. The standard InChI is InChI=1S/C22H25F3N2O3S/c1-16-11-13-18(14-12-16)31(29,30)27(17-7-3-2-4-8-17)15-21(28)26-20-10-6-5-9-19(20)22(23,24)25/h5-6,9-14,17H,2-4,7-8,15H2,1H3,(H,26,28). The third-order valence-electron chi connectivity index (χ3n) is 5.42. The number of anilines is 1. The number of amides is 1. The maximum Gasteiger partial charge on any atom is 0.418 e. The molecule has 2 aromatic carbocycles. The van der Waals surface area contributed by atoms with E-state index < -0.39 is 39.9 Å². The number of hydrogen-bond donors (Lipinski definition) is 1. The van der Waals surface area contributed by atoms with E-state index in [4.69, 9.17) is 0 Å². The summed E-state index contributed by atoms with van der Waals surface area (Å²) in [6, 6.07) is 10.6. The van der Waals surface area contributed by atoms with Crippen molar-refractivity contribution in [3.8, 4) is 0 Å². The number of nitrogens with zero attached hydrogens (tertiary/aromatic N) is 1. The van der Waals surface area contributed by atoms with Crippen LogP contribution in [0.2, 0.25) is 0 Å². The van der Waals surface area contributed by atoms with E-state index in [0.29, 0.717) is 12.8 Å². The first-order chi connectivity index (χ1) is 14.6. The van der Waals surface area contributed by atoms with E-state index in [1.54, 1.807) is 12.1 Å². The molecule has 3 rings (SSSR count). The average Bonchev–Trinajstić information content (AvgIpc) is 2.72. The molecular weight excluding hydrogens is 429 g/mol. The molecule has 0 aliphatic heterocycles. The van der Waals surface area contributed by atoms with Gasteiger partial charge in [0.25, 0.3) is 0 Å². The van der Waals surface area contributed by atoms with Crippen molar-refractivity contribution in [2.24, 2.45) is 0 Å². The minimum absolute atomic E-state index is 0.0622. The van der Waals surface area contributed by atoms with Crippen LogP contribution in [0.5, 0.6) is 0 Å². The van der Waals surface area contributed by atoms with Crippen molar-refractivity contribution in [1.82, 2.24) is 4.31 Å². The Morgan fingerprint density at radius 2 is 1.65 bits per heavy atom. The zero-order valence-electron chi connectivity index (χ0n) is 17.2. The molecule has 0 spiro atoms. The first-order valence-corrected chi connectivity index (χ1v) is 11.6. The lowest BCUT2D eigenvalue weighted by molar-refractivity contribution is -0.137. The number of benzene rings is 2. The fraction of sp³-hybridized carbons (Fsp3) is 0.409. The summed E-state index contributed by atoms with van der Waals surface area (Å²) in [5, 5.41) is 2.25. The van der Waals surface area contributed by atoms with Crippen molar-refractivity contribution in [2.45, 2.75) is 56.1 Å². The normalized spacial score (nSPS) is 15.8. The van der Waals surface area contributed by atoms with Crippen LogP contribution in [0, 0.1) is 6.92 Å². The van der Waals surface area contributed by atoms with Gasteiger partial charge in [-0.15, -0.1) is 0 Å². The van der Waals surface area contributed by atoms with Gasteiger partial charge < -0.3 is 5.32 Å². The predicted molar refractivity (Wildman–Crippen MR) is 112 cm³/mol. The van der Waals surface area contributed by atoms with E-state index in [-0.39, 0.29) is 10.9 Å². The van der Waals surface area contributed by atoms with E-state index >= 15 is 0 Å². The molecule has 1 fully saturated rings. The number of halogens is 3. The second-order valence-electron chi connectivity index (χ2n) is 7.75. The Bertz CT molecular complexity index is 1020. The van der Waals surface area contributed by atoms with Gasteiger partial charge in [0, 0.05) is 6.04 Å². The molecule has 0 atom stereocenters.